The number of ether oxygens (including phenoxy) is 1. The van der Waals surface area contributed by atoms with Gasteiger partial charge >= 0.3 is 6.18 Å². The highest BCUT2D eigenvalue weighted by atomic mass is 19.4. The summed E-state index contributed by atoms with van der Waals surface area (Å²) in [4.78, 5) is 0. The molecular weight excluding hydrogens is 255 g/mol. The van der Waals surface area contributed by atoms with E-state index in [1.165, 1.54) is 6.07 Å². The Balaban J connectivity index is 2.15. The predicted molar refractivity (Wildman–Crippen MR) is 65.0 cm³/mol. The average molecular weight is 271 g/mol. The molecule has 2 atom stereocenters. The summed E-state index contributed by atoms with van der Waals surface area (Å²) in [7, 11) is 0. The summed E-state index contributed by atoms with van der Waals surface area (Å²) in [5.41, 5.74) is 1.38. The summed E-state index contributed by atoms with van der Waals surface area (Å²) < 4.78 is 45.1. The van der Waals surface area contributed by atoms with Gasteiger partial charge in [0.2, 0.25) is 0 Å². The molecule has 2 aliphatic heterocycles. The van der Waals surface area contributed by atoms with Crippen LogP contribution >= 0.6 is 0 Å². The van der Waals surface area contributed by atoms with E-state index < -0.39 is 11.7 Å². The third kappa shape index (κ3) is 2.15. The Kier molecular flexibility index (Phi) is 3.06. The van der Waals surface area contributed by atoms with Crippen LogP contribution in [0.15, 0.2) is 12.1 Å². The maximum atomic E-state index is 13.2. The highest BCUT2D eigenvalue weighted by molar-refractivity contribution is 5.45. The molecule has 2 heterocycles. The van der Waals surface area contributed by atoms with E-state index in [9.17, 15) is 13.2 Å². The van der Waals surface area contributed by atoms with Crippen molar-refractivity contribution in [1.29, 1.82) is 0 Å². The molecule has 0 amide bonds. The van der Waals surface area contributed by atoms with Crippen LogP contribution in [0.4, 0.5) is 13.2 Å². The zero-order valence-electron chi connectivity index (χ0n) is 10.7. The van der Waals surface area contributed by atoms with E-state index in [4.69, 9.17) is 4.74 Å². The van der Waals surface area contributed by atoms with Gasteiger partial charge in [-0.15, -0.1) is 0 Å². The van der Waals surface area contributed by atoms with Crippen LogP contribution in [-0.2, 0) is 23.9 Å². The molecule has 1 fully saturated rings. The van der Waals surface area contributed by atoms with Crippen molar-refractivity contribution in [3.8, 4) is 0 Å². The standard InChI is InChI=1S/C14H16F3NO/c1-2-8-3-9-10-5-18-6-13(10)19-7-11(9)12(4-8)14(15,16)17/h3-4,10,13,18H,2,5-7H2,1H3/t10-,13-/m1/s1. The molecule has 0 spiro atoms. The van der Waals surface area contributed by atoms with Crippen molar-refractivity contribution in [3.63, 3.8) is 0 Å². The van der Waals surface area contributed by atoms with Gasteiger partial charge in [0, 0.05) is 19.0 Å². The van der Waals surface area contributed by atoms with Gasteiger partial charge in [-0.2, -0.15) is 13.2 Å². The number of aryl methyl sites for hydroxylation is 1. The highest BCUT2D eigenvalue weighted by Gasteiger charge is 2.41. The van der Waals surface area contributed by atoms with Crippen LogP contribution in [0.2, 0.25) is 0 Å². The first-order valence-electron chi connectivity index (χ1n) is 6.56. The lowest BCUT2D eigenvalue weighted by Gasteiger charge is -2.30. The minimum atomic E-state index is -4.31. The normalized spacial score (nSPS) is 26.1. The summed E-state index contributed by atoms with van der Waals surface area (Å²) >= 11 is 0. The molecule has 1 aromatic rings. The number of halogens is 3. The van der Waals surface area contributed by atoms with Crippen LogP contribution in [0.25, 0.3) is 0 Å². The van der Waals surface area contributed by atoms with Crippen molar-refractivity contribution in [2.45, 2.75) is 38.1 Å². The molecule has 0 bridgehead atoms. The monoisotopic (exact) mass is 271 g/mol. The second kappa shape index (κ2) is 4.49. The predicted octanol–water partition coefficient (Wildman–Crippen LogP) is 2.85. The van der Waals surface area contributed by atoms with Gasteiger partial charge < -0.3 is 10.1 Å². The van der Waals surface area contributed by atoms with Crippen LogP contribution in [0, 0.1) is 0 Å². The van der Waals surface area contributed by atoms with Gasteiger partial charge in [-0.3, -0.25) is 0 Å². The fourth-order valence-electron chi connectivity index (χ4n) is 3.04. The van der Waals surface area contributed by atoms with Gasteiger partial charge in [0.15, 0.2) is 0 Å². The Bertz CT molecular complexity index is 498. The van der Waals surface area contributed by atoms with Crippen LogP contribution in [0.5, 0.6) is 0 Å². The molecule has 3 rings (SSSR count). The molecule has 5 heteroatoms. The second-order valence-electron chi connectivity index (χ2n) is 5.18. The number of hydrogen-bond acceptors (Lipinski definition) is 2. The van der Waals surface area contributed by atoms with Gasteiger partial charge in [-0.25, -0.2) is 0 Å². The maximum absolute atomic E-state index is 13.2. The van der Waals surface area contributed by atoms with E-state index in [1.54, 1.807) is 0 Å². The molecule has 2 aliphatic rings. The molecule has 0 saturated carbocycles. The summed E-state index contributed by atoms with van der Waals surface area (Å²) in [6.07, 6.45) is -3.68. The molecular formula is C14H16F3NO. The van der Waals surface area contributed by atoms with E-state index in [0.29, 0.717) is 18.5 Å². The first-order chi connectivity index (χ1) is 9.00. The van der Waals surface area contributed by atoms with Crippen LogP contribution < -0.4 is 5.32 Å². The van der Waals surface area contributed by atoms with Crippen molar-refractivity contribution in [1.82, 2.24) is 5.32 Å². The molecule has 0 aliphatic carbocycles. The fraction of sp³-hybridized carbons (Fsp3) is 0.571. The molecule has 104 valence electrons. The van der Waals surface area contributed by atoms with E-state index in [0.717, 1.165) is 17.7 Å². The van der Waals surface area contributed by atoms with Gasteiger partial charge in [-0.05, 0) is 29.2 Å². The molecule has 0 aromatic heterocycles. The Morgan fingerprint density at radius 1 is 1.32 bits per heavy atom. The van der Waals surface area contributed by atoms with E-state index >= 15 is 0 Å². The molecule has 2 nitrogen and oxygen atoms in total. The number of benzene rings is 1. The first kappa shape index (κ1) is 12.9. The Hall–Kier alpha value is -1.07. The van der Waals surface area contributed by atoms with Gasteiger partial charge in [-0.1, -0.05) is 13.0 Å². The molecule has 1 N–H and O–H groups in total. The van der Waals surface area contributed by atoms with Crippen LogP contribution in [-0.4, -0.2) is 19.2 Å². The maximum Gasteiger partial charge on any atom is 0.416 e. The molecule has 0 unspecified atom stereocenters. The molecule has 1 saturated heterocycles. The van der Waals surface area contributed by atoms with E-state index in [-0.39, 0.29) is 18.6 Å². The summed E-state index contributed by atoms with van der Waals surface area (Å²) in [6.45, 7) is 3.37. The SMILES string of the molecule is CCc1cc2c(c(C(F)(F)F)c1)CO[C@@H]1CNC[C@H]21. The van der Waals surface area contributed by atoms with Crippen molar-refractivity contribution in [2.75, 3.05) is 13.1 Å². The largest absolute Gasteiger partial charge is 0.416 e. The fourth-order valence-corrected chi connectivity index (χ4v) is 3.04. The van der Waals surface area contributed by atoms with E-state index in [1.807, 2.05) is 13.0 Å². The summed E-state index contributed by atoms with van der Waals surface area (Å²) in [6, 6.07) is 3.20. The quantitative estimate of drug-likeness (QED) is 0.848. The minimum absolute atomic E-state index is 0.0145. The second-order valence-corrected chi connectivity index (χ2v) is 5.18. The van der Waals surface area contributed by atoms with Crippen LogP contribution in [0.1, 0.15) is 35.1 Å². The molecule has 1 aromatic carbocycles. The Morgan fingerprint density at radius 2 is 2.11 bits per heavy atom. The number of hydrogen-bond donors (Lipinski definition) is 1. The smallest absolute Gasteiger partial charge is 0.372 e. The van der Waals surface area contributed by atoms with Gasteiger partial charge in [0.25, 0.3) is 0 Å². The zero-order chi connectivity index (χ0) is 13.6. The minimum Gasteiger partial charge on any atom is -0.372 e. The van der Waals surface area contributed by atoms with Crippen molar-refractivity contribution in [3.05, 3.63) is 34.4 Å². The lowest BCUT2D eigenvalue weighted by molar-refractivity contribution is -0.139. The van der Waals surface area contributed by atoms with Gasteiger partial charge in [0.1, 0.15) is 0 Å². The lowest BCUT2D eigenvalue weighted by atomic mass is 9.85. The number of alkyl halides is 3. The van der Waals surface area contributed by atoms with Gasteiger partial charge in [0.05, 0.1) is 18.3 Å². The average Bonchev–Trinajstić information content (AvgIpc) is 2.84. The van der Waals surface area contributed by atoms with Crippen LogP contribution in [0.3, 0.4) is 0 Å². The molecule has 0 radical (unpaired) electrons. The van der Waals surface area contributed by atoms with Crippen molar-refractivity contribution in [2.24, 2.45) is 0 Å². The third-order valence-electron chi connectivity index (χ3n) is 4.06. The lowest BCUT2D eigenvalue weighted by Crippen LogP contribution is -2.29. The van der Waals surface area contributed by atoms with Crippen molar-refractivity contribution < 1.29 is 17.9 Å². The first-order valence-corrected chi connectivity index (χ1v) is 6.56. The Labute approximate surface area is 109 Å². The molecule has 19 heavy (non-hydrogen) atoms. The zero-order valence-corrected chi connectivity index (χ0v) is 10.7. The number of fused-ring (bicyclic) bond motifs is 3. The Morgan fingerprint density at radius 3 is 2.79 bits per heavy atom. The van der Waals surface area contributed by atoms with Crippen molar-refractivity contribution >= 4 is 0 Å². The number of rotatable bonds is 1. The number of nitrogens with one attached hydrogen (secondary N) is 1. The highest BCUT2D eigenvalue weighted by Crippen LogP contribution is 2.41. The third-order valence-corrected chi connectivity index (χ3v) is 4.06. The summed E-state index contributed by atoms with van der Waals surface area (Å²) in [5, 5.41) is 3.19. The summed E-state index contributed by atoms with van der Waals surface area (Å²) in [5.74, 6) is 0.0522. The topological polar surface area (TPSA) is 21.3 Å². The van der Waals surface area contributed by atoms with E-state index in [2.05, 4.69) is 5.32 Å².